The zero-order valence-electron chi connectivity index (χ0n) is 11.9. The Balaban J connectivity index is 2.51. The Hall–Kier alpha value is -1.87. The van der Waals surface area contributed by atoms with Crippen molar-refractivity contribution in [1.29, 1.82) is 0 Å². The van der Waals surface area contributed by atoms with Crippen molar-refractivity contribution in [2.75, 3.05) is 0 Å². The van der Waals surface area contributed by atoms with Crippen molar-refractivity contribution in [3.05, 3.63) is 57.4 Å². The highest BCUT2D eigenvalue weighted by Crippen LogP contribution is 2.21. The van der Waals surface area contributed by atoms with Crippen LogP contribution in [-0.2, 0) is 5.54 Å². The molecule has 0 atom stereocenters. The Kier molecular flexibility index (Phi) is 3.33. The van der Waals surface area contributed by atoms with E-state index in [9.17, 15) is 4.79 Å². The summed E-state index contributed by atoms with van der Waals surface area (Å²) < 4.78 is 0. The largest absolute Gasteiger partial charge is 0.322 e. The minimum absolute atomic E-state index is 0.122. The summed E-state index contributed by atoms with van der Waals surface area (Å²) in [7, 11) is 0. The Bertz CT molecular complexity index is 663. The average molecular weight is 256 g/mol. The normalized spacial score (nSPS) is 11.6. The molecule has 0 radical (unpaired) electrons. The van der Waals surface area contributed by atoms with Gasteiger partial charge in [0.25, 0.3) is 5.56 Å². The number of hydrogen-bond acceptors (Lipinski definition) is 2. The summed E-state index contributed by atoms with van der Waals surface area (Å²) in [5.41, 5.74) is 10.1. The van der Waals surface area contributed by atoms with Crippen LogP contribution in [0.4, 0.5) is 0 Å². The van der Waals surface area contributed by atoms with E-state index in [4.69, 9.17) is 5.73 Å². The Labute approximate surface area is 113 Å². The van der Waals surface area contributed by atoms with Crippen LogP contribution in [0.25, 0.3) is 11.3 Å². The zero-order chi connectivity index (χ0) is 14.2. The van der Waals surface area contributed by atoms with E-state index in [1.807, 2.05) is 32.0 Å². The van der Waals surface area contributed by atoms with E-state index in [1.165, 1.54) is 11.1 Å². The molecule has 0 saturated heterocycles. The van der Waals surface area contributed by atoms with Crippen LogP contribution < -0.4 is 11.3 Å². The molecule has 3 heteroatoms. The van der Waals surface area contributed by atoms with Crippen molar-refractivity contribution >= 4 is 0 Å². The third kappa shape index (κ3) is 2.76. The topological polar surface area (TPSA) is 58.9 Å². The third-order valence-electron chi connectivity index (χ3n) is 3.42. The lowest BCUT2D eigenvalue weighted by molar-refractivity contribution is 0.547. The van der Waals surface area contributed by atoms with E-state index in [2.05, 4.69) is 31.0 Å². The van der Waals surface area contributed by atoms with Gasteiger partial charge in [0.1, 0.15) is 0 Å². The summed E-state index contributed by atoms with van der Waals surface area (Å²) in [4.78, 5) is 15.0. The maximum atomic E-state index is 12.1. The minimum Gasteiger partial charge on any atom is -0.322 e. The summed E-state index contributed by atoms with van der Waals surface area (Å²) in [6, 6.07) is 9.87. The molecule has 0 unspecified atom stereocenters. The van der Waals surface area contributed by atoms with Crippen LogP contribution in [0.15, 0.2) is 35.1 Å². The molecule has 2 aromatic rings. The fourth-order valence-electron chi connectivity index (χ4n) is 2.06. The smallest absolute Gasteiger partial charge is 0.253 e. The molecule has 3 N–H and O–H groups in total. The number of nitrogens with two attached hydrogens (primary N) is 1. The van der Waals surface area contributed by atoms with Gasteiger partial charge < -0.3 is 10.7 Å². The van der Waals surface area contributed by atoms with E-state index in [1.54, 1.807) is 0 Å². The molecule has 3 nitrogen and oxygen atoms in total. The first-order valence-corrected chi connectivity index (χ1v) is 6.39. The second-order valence-corrected chi connectivity index (χ2v) is 5.64. The second-order valence-electron chi connectivity index (χ2n) is 5.64. The lowest BCUT2D eigenvalue weighted by atomic mass is 9.96. The zero-order valence-corrected chi connectivity index (χ0v) is 11.9. The van der Waals surface area contributed by atoms with E-state index < -0.39 is 5.54 Å². The molecule has 0 aliphatic heterocycles. The number of rotatable bonds is 2. The van der Waals surface area contributed by atoms with Crippen LogP contribution in [0, 0.1) is 13.8 Å². The van der Waals surface area contributed by atoms with Crippen LogP contribution >= 0.6 is 0 Å². The van der Waals surface area contributed by atoms with Crippen LogP contribution in [0.2, 0.25) is 0 Å². The van der Waals surface area contributed by atoms with Gasteiger partial charge in [-0.2, -0.15) is 0 Å². The Morgan fingerprint density at radius 1 is 1.05 bits per heavy atom. The predicted octanol–water partition coefficient (Wildman–Crippen LogP) is 2.85. The highest BCUT2D eigenvalue weighted by atomic mass is 16.1. The van der Waals surface area contributed by atoms with Gasteiger partial charge in [-0.1, -0.05) is 12.1 Å². The van der Waals surface area contributed by atoms with Crippen molar-refractivity contribution < 1.29 is 0 Å². The first-order valence-electron chi connectivity index (χ1n) is 6.39. The fourth-order valence-corrected chi connectivity index (χ4v) is 2.06. The Morgan fingerprint density at radius 3 is 2.26 bits per heavy atom. The van der Waals surface area contributed by atoms with Crippen molar-refractivity contribution in [2.24, 2.45) is 5.73 Å². The SMILES string of the molecule is Cc1ccc(-c2ccc(C(C)(C)N)c(=O)[nH]2)cc1C. The number of H-pyrrole nitrogens is 1. The molecule has 0 spiro atoms. The van der Waals surface area contributed by atoms with E-state index in [0.717, 1.165) is 11.3 Å². The summed E-state index contributed by atoms with van der Waals surface area (Å²) in [5.74, 6) is 0. The first kappa shape index (κ1) is 13.6. The Morgan fingerprint density at radius 2 is 1.74 bits per heavy atom. The quantitative estimate of drug-likeness (QED) is 0.868. The molecule has 100 valence electrons. The van der Waals surface area contributed by atoms with Gasteiger partial charge in [0, 0.05) is 16.8 Å². The second kappa shape index (κ2) is 4.67. The molecule has 0 aliphatic carbocycles. The number of nitrogens with one attached hydrogen (secondary N) is 1. The molecular weight excluding hydrogens is 236 g/mol. The van der Waals surface area contributed by atoms with E-state index >= 15 is 0 Å². The standard InChI is InChI=1S/C16H20N2O/c1-10-5-6-12(9-11(10)2)14-8-7-13(15(19)18-14)16(3,4)17/h5-9H,17H2,1-4H3,(H,18,19). The molecular formula is C16H20N2O. The molecule has 1 aromatic heterocycles. The van der Waals surface area contributed by atoms with Crippen LogP contribution in [0.3, 0.4) is 0 Å². The fraction of sp³-hybridized carbons (Fsp3) is 0.312. The minimum atomic E-state index is -0.630. The predicted molar refractivity (Wildman–Crippen MR) is 79.2 cm³/mol. The lowest BCUT2D eigenvalue weighted by Crippen LogP contribution is -2.35. The number of benzene rings is 1. The highest BCUT2D eigenvalue weighted by Gasteiger charge is 2.18. The van der Waals surface area contributed by atoms with Gasteiger partial charge in [-0.3, -0.25) is 4.79 Å². The molecule has 1 heterocycles. The molecule has 0 amide bonds. The average Bonchev–Trinajstić information content (AvgIpc) is 2.31. The van der Waals surface area contributed by atoms with Crippen LogP contribution in [0.1, 0.15) is 30.5 Å². The number of pyridine rings is 1. The van der Waals surface area contributed by atoms with Crippen molar-refractivity contribution in [1.82, 2.24) is 4.98 Å². The van der Waals surface area contributed by atoms with Gasteiger partial charge in [0.2, 0.25) is 0 Å². The van der Waals surface area contributed by atoms with Gasteiger partial charge in [0.05, 0.1) is 0 Å². The molecule has 0 saturated carbocycles. The molecule has 19 heavy (non-hydrogen) atoms. The number of aromatic amines is 1. The highest BCUT2D eigenvalue weighted by molar-refractivity contribution is 5.61. The molecule has 2 rings (SSSR count). The van der Waals surface area contributed by atoms with Gasteiger partial charge in [0.15, 0.2) is 0 Å². The summed E-state index contributed by atoms with van der Waals surface area (Å²) in [6.45, 7) is 7.79. The molecule has 0 bridgehead atoms. The van der Waals surface area contributed by atoms with Crippen molar-refractivity contribution in [3.8, 4) is 11.3 Å². The van der Waals surface area contributed by atoms with Crippen molar-refractivity contribution in [3.63, 3.8) is 0 Å². The first-order chi connectivity index (χ1) is 8.79. The van der Waals surface area contributed by atoms with Gasteiger partial charge in [-0.05, 0) is 62.6 Å². The summed E-state index contributed by atoms with van der Waals surface area (Å²) >= 11 is 0. The molecule has 0 aliphatic rings. The van der Waals surface area contributed by atoms with Crippen LogP contribution in [0.5, 0.6) is 0 Å². The lowest BCUT2D eigenvalue weighted by Gasteiger charge is -2.18. The molecule has 0 fully saturated rings. The number of aryl methyl sites for hydroxylation is 2. The third-order valence-corrected chi connectivity index (χ3v) is 3.42. The van der Waals surface area contributed by atoms with Crippen LogP contribution in [-0.4, -0.2) is 4.98 Å². The van der Waals surface area contributed by atoms with Gasteiger partial charge in [-0.25, -0.2) is 0 Å². The number of aromatic nitrogens is 1. The summed E-state index contributed by atoms with van der Waals surface area (Å²) in [6.07, 6.45) is 0. The number of hydrogen-bond donors (Lipinski definition) is 2. The summed E-state index contributed by atoms with van der Waals surface area (Å²) in [5, 5.41) is 0. The maximum absolute atomic E-state index is 12.1. The molecule has 1 aromatic carbocycles. The van der Waals surface area contributed by atoms with E-state index in [-0.39, 0.29) is 5.56 Å². The monoisotopic (exact) mass is 256 g/mol. The van der Waals surface area contributed by atoms with Gasteiger partial charge in [-0.15, -0.1) is 0 Å². The maximum Gasteiger partial charge on any atom is 0.253 e. The van der Waals surface area contributed by atoms with Gasteiger partial charge >= 0.3 is 0 Å². The van der Waals surface area contributed by atoms with Crippen molar-refractivity contribution in [2.45, 2.75) is 33.2 Å². The van der Waals surface area contributed by atoms with E-state index in [0.29, 0.717) is 5.56 Å².